The first-order valence-corrected chi connectivity index (χ1v) is 9.86. The van der Waals surface area contributed by atoms with Gasteiger partial charge in [-0.15, -0.1) is 0 Å². The van der Waals surface area contributed by atoms with Crippen LogP contribution in [0, 0.1) is 5.92 Å². The molecule has 1 aromatic rings. The van der Waals surface area contributed by atoms with Crippen LogP contribution in [-0.2, 0) is 14.8 Å². The summed E-state index contributed by atoms with van der Waals surface area (Å²) in [7, 11) is -3.66. The van der Waals surface area contributed by atoms with E-state index in [9.17, 15) is 13.2 Å². The Labute approximate surface area is 150 Å². The number of sulfonamides is 1. The van der Waals surface area contributed by atoms with Crippen LogP contribution >= 0.6 is 0 Å². The zero-order valence-electron chi connectivity index (χ0n) is 15.3. The second-order valence-corrected chi connectivity index (χ2v) is 8.14. The van der Waals surface area contributed by atoms with Crippen LogP contribution in [-0.4, -0.2) is 39.6 Å². The lowest BCUT2D eigenvalue weighted by Crippen LogP contribution is -2.55. The summed E-state index contributed by atoms with van der Waals surface area (Å²) in [5.41, 5.74) is 5.22. The Kier molecular flexibility index (Phi) is 7.85. The van der Waals surface area contributed by atoms with Gasteiger partial charge in [0.25, 0.3) is 0 Å². The minimum atomic E-state index is -3.66. The average Bonchev–Trinajstić information content (AvgIpc) is 2.55. The van der Waals surface area contributed by atoms with Gasteiger partial charge >= 0.3 is 0 Å². The SMILES string of the molecule is CCOc1ccc(S(=O)(=O)NCCC(=O)NC(C)(CN)C(C)C)cc1. The van der Waals surface area contributed by atoms with Crippen molar-refractivity contribution in [3.63, 3.8) is 0 Å². The Hall–Kier alpha value is -1.64. The molecule has 25 heavy (non-hydrogen) atoms. The van der Waals surface area contributed by atoms with E-state index in [1.54, 1.807) is 12.1 Å². The van der Waals surface area contributed by atoms with E-state index in [-0.39, 0.29) is 29.7 Å². The molecule has 0 aliphatic heterocycles. The molecule has 0 fully saturated rings. The van der Waals surface area contributed by atoms with Crippen molar-refractivity contribution >= 4 is 15.9 Å². The Balaban J connectivity index is 2.57. The van der Waals surface area contributed by atoms with Gasteiger partial charge in [-0.05, 0) is 44.0 Å². The molecule has 0 bridgehead atoms. The summed E-state index contributed by atoms with van der Waals surface area (Å²) >= 11 is 0. The van der Waals surface area contributed by atoms with Crippen LogP contribution < -0.4 is 20.5 Å². The van der Waals surface area contributed by atoms with E-state index in [1.807, 2.05) is 27.7 Å². The molecular formula is C17H29N3O4S. The lowest BCUT2D eigenvalue weighted by molar-refractivity contribution is -0.123. The molecule has 1 rings (SSSR count). The molecule has 4 N–H and O–H groups in total. The van der Waals surface area contributed by atoms with Gasteiger partial charge in [0.1, 0.15) is 5.75 Å². The third-order valence-electron chi connectivity index (χ3n) is 4.21. The summed E-state index contributed by atoms with van der Waals surface area (Å²) in [6, 6.07) is 6.13. The maximum Gasteiger partial charge on any atom is 0.240 e. The van der Waals surface area contributed by atoms with Crippen molar-refractivity contribution in [2.24, 2.45) is 11.7 Å². The molecule has 0 aliphatic rings. The Morgan fingerprint density at radius 3 is 2.36 bits per heavy atom. The predicted octanol–water partition coefficient (Wildman–Crippen LogP) is 1.24. The number of carbonyl (C=O) groups excluding carboxylic acids is 1. The number of amides is 1. The number of hydrogen-bond donors (Lipinski definition) is 3. The van der Waals surface area contributed by atoms with E-state index in [0.29, 0.717) is 18.9 Å². The quantitative estimate of drug-likeness (QED) is 0.573. The number of ether oxygens (including phenoxy) is 1. The fourth-order valence-electron chi connectivity index (χ4n) is 2.08. The van der Waals surface area contributed by atoms with Crippen molar-refractivity contribution < 1.29 is 17.9 Å². The summed E-state index contributed by atoms with van der Waals surface area (Å²) in [6.45, 7) is 8.52. The van der Waals surface area contributed by atoms with Gasteiger partial charge in [-0.25, -0.2) is 13.1 Å². The zero-order valence-corrected chi connectivity index (χ0v) is 16.2. The van der Waals surface area contributed by atoms with Gasteiger partial charge in [0.2, 0.25) is 15.9 Å². The first-order chi connectivity index (χ1) is 11.6. The first kappa shape index (κ1) is 21.4. The number of hydrogen-bond acceptors (Lipinski definition) is 5. The molecule has 1 aromatic carbocycles. The molecule has 7 nitrogen and oxygen atoms in total. The Bertz CT molecular complexity index is 659. The highest BCUT2D eigenvalue weighted by atomic mass is 32.2. The summed E-state index contributed by atoms with van der Waals surface area (Å²) in [5, 5.41) is 2.87. The van der Waals surface area contributed by atoms with Gasteiger partial charge in [-0.2, -0.15) is 0 Å². The topological polar surface area (TPSA) is 111 Å². The van der Waals surface area contributed by atoms with Gasteiger partial charge in [0.05, 0.1) is 17.0 Å². The highest BCUT2D eigenvalue weighted by molar-refractivity contribution is 7.89. The van der Waals surface area contributed by atoms with Crippen LogP contribution in [0.25, 0.3) is 0 Å². The average molecular weight is 372 g/mol. The standard InChI is InChI=1S/C17H29N3O4S/c1-5-24-14-6-8-15(9-7-14)25(22,23)19-11-10-16(21)20-17(4,12-18)13(2)3/h6-9,13,19H,5,10-12,18H2,1-4H3,(H,20,21). The van der Waals surface area contributed by atoms with Gasteiger partial charge in [-0.1, -0.05) is 13.8 Å². The molecule has 0 saturated heterocycles. The van der Waals surface area contributed by atoms with E-state index in [0.717, 1.165) is 0 Å². The molecule has 0 aromatic heterocycles. The normalized spacial score (nSPS) is 14.2. The van der Waals surface area contributed by atoms with E-state index in [1.165, 1.54) is 12.1 Å². The van der Waals surface area contributed by atoms with Gasteiger partial charge < -0.3 is 15.8 Å². The highest BCUT2D eigenvalue weighted by Crippen LogP contribution is 2.16. The largest absolute Gasteiger partial charge is 0.494 e. The molecule has 142 valence electrons. The van der Waals surface area contributed by atoms with Crippen molar-refractivity contribution in [2.75, 3.05) is 19.7 Å². The summed E-state index contributed by atoms with van der Waals surface area (Å²) in [6.07, 6.45) is 0.0402. The number of nitrogens with one attached hydrogen (secondary N) is 2. The van der Waals surface area contributed by atoms with E-state index < -0.39 is 15.6 Å². The minimum Gasteiger partial charge on any atom is -0.494 e. The third-order valence-corrected chi connectivity index (χ3v) is 5.69. The van der Waals surface area contributed by atoms with Crippen LogP contribution in [0.3, 0.4) is 0 Å². The lowest BCUT2D eigenvalue weighted by atomic mass is 9.88. The Morgan fingerprint density at radius 1 is 1.28 bits per heavy atom. The van der Waals surface area contributed by atoms with Gasteiger partial charge in [0, 0.05) is 19.5 Å². The molecule has 1 unspecified atom stereocenters. The molecular weight excluding hydrogens is 342 g/mol. The van der Waals surface area contributed by atoms with Crippen LogP contribution in [0.5, 0.6) is 5.75 Å². The zero-order chi connectivity index (χ0) is 19.1. The first-order valence-electron chi connectivity index (χ1n) is 8.38. The molecule has 0 heterocycles. The lowest BCUT2D eigenvalue weighted by Gasteiger charge is -2.33. The van der Waals surface area contributed by atoms with Crippen LogP contribution in [0.1, 0.15) is 34.1 Å². The summed E-state index contributed by atoms with van der Waals surface area (Å²) < 4.78 is 32.2. The van der Waals surface area contributed by atoms with Gasteiger partial charge in [-0.3, -0.25) is 4.79 Å². The second-order valence-electron chi connectivity index (χ2n) is 6.38. The maximum absolute atomic E-state index is 12.2. The molecule has 0 radical (unpaired) electrons. The van der Waals surface area contributed by atoms with Crippen molar-refractivity contribution in [1.82, 2.24) is 10.0 Å². The summed E-state index contributed by atoms with van der Waals surface area (Å²) in [4.78, 5) is 12.2. The van der Waals surface area contributed by atoms with Crippen molar-refractivity contribution in [1.29, 1.82) is 0 Å². The fourth-order valence-corrected chi connectivity index (χ4v) is 3.11. The van der Waals surface area contributed by atoms with Crippen molar-refractivity contribution in [2.45, 2.75) is 44.6 Å². The fraction of sp³-hybridized carbons (Fsp3) is 0.588. The maximum atomic E-state index is 12.2. The monoisotopic (exact) mass is 371 g/mol. The second kappa shape index (κ2) is 9.17. The summed E-state index contributed by atoms with van der Waals surface area (Å²) in [5.74, 6) is 0.536. The Morgan fingerprint density at radius 2 is 1.88 bits per heavy atom. The molecule has 1 atom stereocenters. The molecule has 0 saturated carbocycles. The number of benzene rings is 1. The number of rotatable bonds is 10. The number of nitrogens with two attached hydrogens (primary N) is 1. The van der Waals surface area contributed by atoms with Crippen molar-refractivity contribution in [3.05, 3.63) is 24.3 Å². The van der Waals surface area contributed by atoms with Crippen LogP contribution in [0.15, 0.2) is 29.2 Å². The number of carbonyl (C=O) groups is 1. The molecule has 0 aliphatic carbocycles. The van der Waals surface area contributed by atoms with Crippen LogP contribution in [0.2, 0.25) is 0 Å². The van der Waals surface area contributed by atoms with E-state index in [4.69, 9.17) is 10.5 Å². The van der Waals surface area contributed by atoms with Crippen molar-refractivity contribution in [3.8, 4) is 5.75 Å². The molecule has 1 amide bonds. The molecule has 8 heteroatoms. The van der Waals surface area contributed by atoms with Gasteiger partial charge in [0.15, 0.2) is 0 Å². The smallest absolute Gasteiger partial charge is 0.240 e. The van der Waals surface area contributed by atoms with Crippen LogP contribution in [0.4, 0.5) is 0 Å². The van der Waals surface area contributed by atoms with E-state index in [2.05, 4.69) is 10.0 Å². The van der Waals surface area contributed by atoms with E-state index >= 15 is 0 Å². The third kappa shape index (κ3) is 6.30. The minimum absolute atomic E-state index is 0.0140. The highest BCUT2D eigenvalue weighted by Gasteiger charge is 2.28. The predicted molar refractivity (Wildman–Crippen MR) is 97.9 cm³/mol. The molecule has 0 spiro atoms.